The molecule has 0 saturated heterocycles. The molecule has 88 valence electrons. The first-order valence-corrected chi connectivity index (χ1v) is 5.93. The minimum Gasteiger partial charge on any atom is -0.504 e. The van der Waals surface area contributed by atoms with E-state index in [1.54, 1.807) is 6.07 Å². The first kappa shape index (κ1) is 11.3. The monoisotopic (exact) mass is 221 g/mol. The fraction of sp³-hybridized carbons (Fsp3) is 0.538. The molecule has 1 atom stereocenters. The van der Waals surface area contributed by atoms with Gasteiger partial charge in [0.1, 0.15) is 0 Å². The Morgan fingerprint density at radius 2 is 2.25 bits per heavy atom. The van der Waals surface area contributed by atoms with Gasteiger partial charge in [-0.3, -0.25) is 0 Å². The van der Waals surface area contributed by atoms with E-state index in [-0.39, 0.29) is 11.8 Å². The van der Waals surface area contributed by atoms with Gasteiger partial charge in [0.2, 0.25) is 0 Å². The maximum atomic E-state index is 9.59. The SMILES string of the molecule is CCOc1cc([C@H](N)C2CCC2)ccc1O. The van der Waals surface area contributed by atoms with Crippen molar-refractivity contribution in [1.29, 1.82) is 0 Å². The average molecular weight is 221 g/mol. The van der Waals surface area contributed by atoms with E-state index in [4.69, 9.17) is 10.5 Å². The van der Waals surface area contributed by atoms with Crippen molar-refractivity contribution in [3.63, 3.8) is 0 Å². The highest BCUT2D eigenvalue weighted by molar-refractivity contribution is 5.42. The van der Waals surface area contributed by atoms with Gasteiger partial charge in [0.15, 0.2) is 11.5 Å². The fourth-order valence-electron chi connectivity index (χ4n) is 2.08. The van der Waals surface area contributed by atoms with Crippen LogP contribution >= 0.6 is 0 Å². The Bertz CT molecular complexity index is 361. The van der Waals surface area contributed by atoms with Gasteiger partial charge in [-0.2, -0.15) is 0 Å². The van der Waals surface area contributed by atoms with Gasteiger partial charge < -0.3 is 15.6 Å². The van der Waals surface area contributed by atoms with Crippen molar-refractivity contribution in [3.8, 4) is 11.5 Å². The van der Waals surface area contributed by atoms with Crippen LogP contribution in [0.3, 0.4) is 0 Å². The van der Waals surface area contributed by atoms with E-state index >= 15 is 0 Å². The van der Waals surface area contributed by atoms with Crippen LogP contribution < -0.4 is 10.5 Å². The number of hydrogen-bond acceptors (Lipinski definition) is 3. The van der Waals surface area contributed by atoms with Crippen molar-refractivity contribution in [3.05, 3.63) is 23.8 Å². The third-order valence-electron chi connectivity index (χ3n) is 3.33. The molecule has 0 unspecified atom stereocenters. The first-order chi connectivity index (χ1) is 7.72. The summed E-state index contributed by atoms with van der Waals surface area (Å²) >= 11 is 0. The van der Waals surface area contributed by atoms with E-state index < -0.39 is 0 Å². The Morgan fingerprint density at radius 1 is 1.50 bits per heavy atom. The van der Waals surface area contributed by atoms with Crippen molar-refractivity contribution in [1.82, 2.24) is 0 Å². The summed E-state index contributed by atoms with van der Waals surface area (Å²) in [6, 6.07) is 5.50. The number of ether oxygens (including phenoxy) is 1. The molecule has 1 aliphatic rings. The minimum atomic E-state index is 0.0774. The quantitative estimate of drug-likeness (QED) is 0.821. The second-order valence-corrected chi connectivity index (χ2v) is 4.38. The van der Waals surface area contributed by atoms with Crippen LogP contribution in [0.25, 0.3) is 0 Å². The summed E-state index contributed by atoms with van der Waals surface area (Å²) in [5.74, 6) is 1.32. The zero-order valence-corrected chi connectivity index (χ0v) is 9.65. The van der Waals surface area contributed by atoms with Crippen LogP contribution in [-0.4, -0.2) is 11.7 Å². The number of aromatic hydroxyl groups is 1. The Kier molecular flexibility index (Phi) is 3.34. The number of benzene rings is 1. The summed E-state index contributed by atoms with van der Waals surface area (Å²) in [4.78, 5) is 0. The van der Waals surface area contributed by atoms with E-state index in [0.717, 1.165) is 5.56 Å². The zero-order chi connectivity index (χ0) is 11.5. The number of hydrogen-bond donors (Lipinski definition) is 2. The molecule has 3 heteroatoms. The molecule has 16 heavy (non-hydrogen) atoms. The first-order valence-electron chi connectivity index (χ1n) is 5.93. The molecular formula is C13H19NO2. The molecule has 2 rings (SSSR count). The van der Waals surface area contributed by atoms with Crippen LogP contribution in [0.15, 0.2) is 18.2 Å². The van der Waals surface area contributed by atoms with Crippen molar-refractivity contribution in [2.75, 3.05) is 6.61 Å². The molecule has 1 saturated carbocycles. The van der Waals surface area contributed by atoms with Crippen molar-refractivity contribution < 1.29 is 9.84 Å². The number of phenols is 1. The number of nitrogens with two attached hydrogens (primary N) is 1. The highest BCUT2D eigenvalue weighted by Crippen LogP contribution is 2.38. The molecular weight excluding hydrogens is 202 g/mol. The summed E-state index contributed by atoms with van der Waals surface area (Å²) in [7, 11) is 0. The molecule has 0 radical (unpaired) electrons. The lowest BCUT2D eigenvalue weighted by molar-refractivity contribution is 0.263. The highest BCUT2D eigenvalue weighted by atomic mass is 16.5. The summed E-state index contributed by atoms with van der Waals surface area (Å²) in [5, 5.41) is 9.59. The van der Waals surface area contributed by atoms with Gasteiger partial charge in [-0.05, 0) is 43.4 Å². The van der Waals surface area contributed by atoms with Crippen LogP contribution in [0, 0.1) is 5.92 Å². The molecule has 1 fully saturated rings. The molecule has 1 aromatic rings. The van der Waals surface area contributed by atoms with Gasteiger partial charge in [-0.15, -0.1) is 0 Å². The summed E-state index contributed by atoms with van der Waals surface area (Å²) in [6.45, 7) is 2.45. The van der Waals surface area contributed by atoms with Gasteiger partial charge in [-0.25, -0.2) is 0 Å². The van der Waals surface area contributed by atoms with E-state index in [1.807, 2.05) is 19.1 Å². The third kappa shape index (κ3) is 2.14. The standard InChI is InChI=1S/C13H19NO2/c1-2-16-12-8-10(6-7-11(12)15)13(14)9-4-3-5-9/h6-9,13,15H,2-5,14H2,1H3/t13-/m1/s1. The molecule has 0 spiro atoms. The Labute approximate surface area is 96.2 Å². The Hall–Kier alpha value is -1.22. The fourth-order valence-corrected chi connectivity index (χ4v) is 2.08. The van der Waals surface area contributed by atoms with Gasteiger partial charge in [0.05, 0.1) is 6.61 Å². The molecule has 3 nitrogen and oxygen atoms in total. The van der Waals surface area contributed by atoms with Gasteiger partial charge >= 0.3 is 0 Å². The lowest BCUT2D eigenvalue weighted by atomic mass is 9.77. The average Bonchev–Trinajstić information content (AvgIpc) is 2.19. The second-order valence-electron chi connectivity index (χ2n) is 4.38. The lowest BCUT2D eigenvalue weighted by Crippen LogP contribution is -2.26. The van der Waals surface area contributed by atoms with Crippen molar-refractivity contribution in [2.24, 2.45) is 11.7 Å². The third-order valence-corrected chi connectivity index (χ3v) is 3.33. The Morgan fingerprint density at radius 3 is 2.81 bits per heavy atom. The van der Waals surface area contributed by atoms with E-state index in [2.05, 4.69) is 0 Å². The number of rotatable bonds is 4. The molecule has 1 aliphatic carbocycles. The molecule has 0 aliphatic heterocycles. The van der Waals surface area contributed by atoms with E-state index in [1.165, 1.54) is 19.3 Å². The molecule has 3 N–H and O–H groups in total. The summed E-state index contributed by atoms with van der Waals surface area (Å²) in [6.07, 6.45) is 3.72. The minimum absolute atomic E-state index is 0.0774. The maximum Gasteiger partial charge on any atom is 0.161 e. The highest BCUT2D eigenvalue weighted by Gasteiger charge is 2.25. The molecule has 0 heterocycles. The van der Waals surface area contributed by atoms with Crippen LogP contribution in [0.1, 0.15) is 37.8 Å². The number of phenolic OH excluding ortho intramolecular Hbond substituents is 1. The summed E-state index contributed by atoms with van der Waals surface area (Å²) < 4.78 is 5.35. The van der Waals surface area contributed by atoms with E-state index in [9.17, 15) is 5.11 Å². The van der Waals surface area contributed by atoms with Crippen LogP contribution in [0.4, 0.5) is 0 Å². The largest absolute Gasteiger partial charge is 0.504 e. The van der Waals surface area contributed by atoms with E-state index in [0.29, 0.717) is 18.3 Å². The smallest absolute Gasteiger partial charge is 0.161 e. The maximum absolute atomic E-state index is 9.59. The predicted octanol–water partition coefficient (Wildman–Crippen LogP) is 2.59. The predicted molar refractivity (Wildman–Crippen MR) is 63.5 cm³/mol. The van der Waals surface area contributed by atoms with Crippen molar-refractivity contribution >= 4 is 0 Å². The van der Waals surface area contributed by atoms with Crippen LogP contribution in [0.2, 0.25) is 0 Å². The second kappa shape index (κ2) is 4.74. The normalized spacial score (nSPS) is 17.9. The zero-order valence-electron chi connectivity index (χ0n) is 9.65. The topological polar surface area (TPSA) is 55.5 Å². The summed E-state index contributed by atoms with van der Waals surface area (Å²) in [5.41, 5.74) is 7.24. The van der Waals surface area contributed by atoms with Crippen LogP contribution in [-0.2, 0) is 0 Å². The lowest BCUT2D eigenvalue weighted by Gasteiger charge is -2.31. The van der Waals surface area contributed by atoms with Crippen molar-refractivity contribution in [2.45, 2.75) is 32.2 Å². The van der Waals surface area contributed by atoms with Crippen LogP contribution in [0.5, 0.6) is 11.5 Å². The molecule has 0 aromatic heterocycles. The molecule has 1 aromatic carbocycles. The van der Waals surface area contributed by atoms with Gasteiger partial charge in [0.25, 0.3) is 0 Å². The van der Waals surface area contributed by atoms with Gasteiger partial charge in [0, 0.05) is 6.04 Å². The van der Waals surface area contributed by atoms with Gasteiger partial charge in [-0.1, -0.05) is 12.5 Å². The molecule has 0 amide bonds. The molecule has 0 bridgehead atoms. The Balaban J connectivity index is 2.17.